The predicted molar refractivity (Wildman–Crippen MR) is 361 cm³/mol. The molecule has 0 fully saturated rings. The fourth-order valence-corrected chi connectivity index (χ4v) is 9.73. The zero-order valence-corrected chi connectivity index (χ0v) is 55.7. The highest BCUT2D eigenvalue weighted by molar-refractivity contribution is 5.70. The van der Waals surface area contributed by atoms with Gasteiger partial charge in [0.2, 0.25) is 0 Å². The van der Waals surface area contributed by atoms with Gasteiger partial charge in [-0.3, -0.25) is 9.59 Å². The second-order valence-corrected chi connectivity index (χ2v) is 24.4. The van der Waals surface area contributed by atoms with Gasteiger partial charge < -0.3 is 33.3 Å². The first kappa shape index (κ1) is 81.0. The molecule has 0 radical (unpaired) electrons. The van der Waals surface area contributed by atoms with Crippen LogP contribution in [0.3, 0.4) is 0 Å². The summed E-state index contributed by atoms with van der Waals surface area (Å²) in [7, 11) is 5.93. The van der Waals surface area contributed by atoms with Crippen LogP contribution in [0.2, 0.25) is 0 Å². The van der Waals surface area contributed by atoms with E-state index in [4.69, 9.17) is 18.9 Å². The van der Waals surface area contributed by atoms with Crippen LogP contribution in [0.1, 0.15) is 296 Å². The summed E-state index contributed by atoms with van der Waals surface area (Å²) in [4.78, 5) is 37.5. The number of esters is 2. The highest BCUT2D eigenvalue weighted by atomic mass is 16.7. The summed E-state index contributed by atoms with van der Waals surface area (Å²) in [5, 5.41) is 11.8. The van der Waals surface area contributed by atoms with Crippen LogP contribution in [0.25, 0.3) is 0 Å². The van der Waals surface area contributed by atoms with Crippen molar-refractivity contribution in [2.75, 3.05) is 47.5 Å². The van der Waals surface area contributed by atoms with E-state index < -0.39 is 24.3 Å². The van der Waals surface area contributed by atoms with Gasteiger partial charge >= 0.3 is 11.9 Å². The lowest BCUT2D eigenvalue weighted by Crippen LogP contribution is -2.44. The van der Waals surface area contributed by atoms with Crippen LogP contribution >= 0.6 is 0 Å². The second kappa shape index (κ2) is 65.9. The number of ether oxygens (including phenoxy) is 4. The van der Waals surface area contributed by atoms with Gasteiger partial charge in [-0.1, -0.05) is 297 Å². The van der Waals surface area contributed by atoms with Gasteiger partial charge in [0.05, 0.1) is 40.3 Å². The predicted octanol–water partition coefficient (Wildman–Crippen LogP) is 20.5. The number of quaternary nitrogens is 1. The molecule has 0 heterocycles. The SMILES string of the molecule is CC/C=C\C/C=C\C/C=C\C/C=C\C/C=C\CCCCCCCCCCCCCCCCCCCC(=O)OC(COC(=O)CCCCCCCCCCCCCCCC/C=C\C/C=C\C/C=C\C/C=C\CC)COC(OCC[N+](C)(C)C)C(=O)[O-]. The van der Waals surface area contributed by atoms with E-state index in [-0.39, 0.29) is 38.6 Å². The topological polar surface area (TPSA) is 111 Å². The van der Waals surface area contributed by atoms with Crippen molar-refractivity contribution in [3.63, 3.8) is 0 Å². The molecule has 0 aromatic heterocycles. The molecule has 0 aromatic carbocycles. The number of carboxylic acid groups (broad SMARTS) is 1. The summed E-state index contributed by atoms with van der Waals surface area (Å²) < 4.78 is 22.8. The van der Waals surface area contributed by atoms with Crippen molar-refractivity contribution in [1.82, 2.24) is 0 Å². The van der Waals surface area contributed by atoms with Gasteiger partial charge in [-0.05, 0) is 96.3 Å². The van der Waals surface area contributed by atoms with Crippen LogP contribution in [0.4, 0.5) is 0 Å². The molecule has 0 rings (SSSR count). The Balaban J connectivity index is 4.10. The summed E-state index contributed by atoms with van der Waals surface area (Å²) >= 11 is 0. The molecule has 0 aliphatic heterocycles. The minimum absolute atomic E-state index is 0.145. The van der Waals surface area contributed by atoms with E-state index in [0.29, 0.717) is 17.4 Å². The molecule has 0 N–H and O–H groups in total. The Labute approximate surface area is 524 Å². The number of unbranched alkanes of at least 4 members (excludes halogenated alkanes) is 31. The van der Waals surface area contributed by atoms with E-state index in [2.05, 4.69) is 123 Å². The molecule has 0 amide bonds. The number of carbonyl (C=O) groups is 3. The summed E-state index contributed by atoms with van der Waals surface area (Å²) in [6, 6.07) is 0. The molecule has 0 saturated carbocycles. The molecule has 9 heteroatoms. The average Bonchev–Trinajstić information content (AvgIpc) is 3.49. The standard InChI is InChI=1S/C76H131NO8/c1-6-8-10-12-14-16-18-20-22-24-26-28-30-32-34-35-36-37-38-39-41-43-45-47-49-51-53-55-57-59-61-63-65-67-74(79)85-72(71-84-76(75(80)81)82-69-68-77(3,4)5)70-83-73(78)66-64-62-60-58-56-54-52-50-48-46-44-42-40-33-31-29-27-25-23-21-19-17-15-13-11-9-7-2/h8-11,14-17,20-23,26-29,32,34,72,76H,6-7,12-13,18-19,24-25,30-31,33,35-71H2,1-5H3/b10-8-,11-9-,16-14-,17-15-,22-20-,23-21-,28-26-,29-27-,34-32-. The lowest BCUT2D eigenvalue weighted by molar-refractivity contribution is -0.870. The first-order valence-electron chi connectivity index (χ1n) is 35.0. The summed E-state index contributed by atoms with van der Waals surface area (Å²) in [5.74, 6) is -2.28. The molecule has 85 heavy (non-hydrogen) atoms. The number of aliphatic carboxylic acids is 1. The minimum Gasteiger partial charge on any atom is -0.545 e. The van der Waals surface area contributed by atoms with E-state index in [1.165, 1.54) is 173 Å². The first-order valence-corrected chi connectivity index (χ1v) is 35.0. The number of nitrogens with zero attached hydrogens (tertiary/aromatic N) is 1. The van der Waals surface area contributed by atoms with Crippen LogP contribution in [0, 0.1) is 0 Å². The second-order valence-electron chi connectivity index (χ2n) is 24.4. The van der Waals surface area contributed by atoms with Crippen molar-refractivity contribution >= 4 is 17.9 Å². The number of hydrogen-bond donors (Lipinski definition) is 0. The minimum atomic E-state index is -1.63. The summed E-state index contributed by atoms with van der Waals surface area (Å²) in [6.07, 6.45) is 88.8. The van der Waals surface area contributed by atoms with Gasteiger partial charge in [0.1, 0.15) is 13.2 Å². The number of carboxylic acids is 1. The lowest BCUT2D eigenvalue weighted by Gasteiger charge is -2.26. The molecule has 0 spiro atoms. The van der Waals surface area contributed by atoms with Crippen LogP contribution in [0.5, 0.6) is 0 Å². The molecule has 2 unspecified atom stereocenters. The quantitative estimate of drug-likeness (QED) is 0.0195. The van der Waals surface area contributed by atoms with E-state index in [0.717, 1.165) is 89.9 Å². The Hall–Kier alpha value is -4.05. The lowest BCUT2D eigenvalue weighted by atomic mass is 10.0. The highest BCUT2D eigenvalue weighted by Crippen LogP contribution is 2.18. The number of likely N-dealkylation sites (N-methyl/N-ethyl adjacent to an activating group) is 1. The van der Waals surface area contributed by atoms with Crippen molar-refractivity contribution in [3.05, 3.63) is 109 Å². The number of hydrogen-bond acceptors (Lipinski definition) is 8. The third-order valence-corrected chi connectivity index (χ3v) is 15.0. The zero-order chi connectivity index (χ0) is 61.9. The normalized spacial score (nSPS) is 13.4. The van der Waals surface area contributed by atoms with Crippen LogP contribution < -0.4 is 5.11 Å². The Morgan fingerprint density at radius 2 is 0.635 bits per heavy atom. The molecule has 9 nitrogen and oxygen atoms in total. The smallest absolute Gasteiger partial charge is 0.306 e. The maximum absolute atomic E-state index is 12.9. The maximum atomic E-state index is 12.9. The Morgan fingerprint density at radius 3 is 0.941 bits per heavy atom. The van der Waals surface area contributed by atoms with Crippen LogP contribution in [0.15, 0.2) is 109 Å². The largest absolute Gasteiger partial charge is 0.545 e. The number of rotatable bonds is 64. The van der Waals surface area contributed by atoms with Gasteiger partial charge in [-0.2, -0.15) is 0 Å². The fourth-order valence-electron chi connectivity index (χ4n) is 9.73. The van der Waals surface area contributed by atoms with Gasteiger partial charge in [0.15, 0.2) is 12.4 Å². The van der Waals surface area contributed by atoms with Gasteiger partial charge in [-0.15, -0.1) is 0 Å². The van der Waals surface area contributed by atoms with Gasteiger partial charge in [0, 0.05) is 12.8 Å². The number of carbonyl (C=O) groups excluding carboxylic acids is 3. The molecule has 2 atom stereocenters. The molecule has 0 aliphatic rings. The summed E-state index contributed by atoms with van der Waals surface area (Å²) in [5.41, 5.74) is 0. The van der Waals surface area contributed by atoms with Gasteiger partial charge in [0.25, 0.3) is 0 Å². The molecular weight excluding hydrogens is 1050 g/mol. The van der Waals surface area contributed by atoms with E-state index >= 15 is 0 Å². The molecule has 488 valence electrons. The van der Waals surface area contributed by atoms with Crippen LogP contribution in [-0.4, -0.2) is 82.3 Å². The average molecular weight is 1190 g/mol. The third kappa shape index (κ3) is 67.3. The van der Waals surface area contributed by atoms with E-state index in [1.54, 1.807) is 0 Å². The Bertz CT molecular complexity index is 1760. The van der Waals surface area contributed by atoms with Gasteiger partial charge in [-0.25, -0.2) is 0 Å². The Kier molecular flexibility index (Phi) is 62.8. The highest BCUT2D eigenvalue weighted by Gasteiger charge is 2.22. The van der Waals surface area contributed by atoms with E-state index in [1.807, 2.05) is 21.1 Å². The third-order valence-electron chi connectivity index (χ3n) is 15.0. The zero-order valence-electron chi connectivity index (χ0n) is 55.7. The molecule has 0 bridgehead atoms. The van der Waals surface area contributed by atoms with Crippen molar-refractivity contribution in [1.29, 1.82) is 0 Å². The van der Waals surface area contributed by atoms with Crippen molar-refractivity contribution in [3.8, 4) is 0 Å². The summed E-state index contributed by atoms with van der Waals surface area (Å²) in [6.45, 7) is 4.55. The number of allylic oxidation sites excluding steroid dienone is 18. The molecule has 0 saturated heterocycles. The van der Waals surface area contributed by atoms with Crippen molar-refractivity contribution in [2.24, 2.45) is 0 Å². The molecule has 0 aromatic rings. The van der Waals surface area contributed by atoms with Crippen molar-refractivity contribution in [2.45, 2.75) is 309 Å². The molecule has 0 aliphatic carbocycles. The fraction of sp³-hybridized carbons (Fsp3) is 0.724. The van der Waals surface area contributed by atoms with Crippen molar-refractivity contribution < 1.29 is 42.9 Å². The van der Waals surface area contributed by atoms with Crippen LogP contribution in [-0.2, 0) is 33.3 Å². The maximum Gasteiger partial charge on any atom is 0.306 e. The first-order chi connectivity index (χ1) is 41.6. The molecular formula is C76H131NO8. The monoisotopic (exact) mass is 1190 g/mol. The van der Waals surface area contributed by atoms with E-state index in [9.17, 15) is 19.5 Å². The Morgan fingerprint density at radius 1 is 0.353 bits per heavy atom.